The molecule has 3 atom stereocenters. The second kappa shape index (κ2) is 12.0. The van der Waals surface area contributed by atoms with Crippen LogP contribution in [0.25, 0.3) is 11.1 Å². The zero-order valence-corrected chi connectivity index (χ0v) is 25.5. The Morgan fingerprint density at radius 3 is 2.52 bits per heavy atom. The van der Waals surface area contributed by atoms with Crippen molar-refractivity contribution in [3.8, 4) is 28.4 Å². The molecule has 0 spiro atoms. The van der Waals surface area contributed by atoms with E-state index in [9.17, 15) is 13.2 Å². The first-order valence-electron chi connectivity index (χ1n) is 14.2. The monoisotopic (exact) mass is 596 g/mol. The van der Waals surface area contributed by atoms with E-state index in [2.05, 4.69) is 0 Å². The maximum Gasteiger partial charge on any atom is 0.306 e. The molecule has 42 heavy (non-hydrogen) atoms. The van der Waals surface area contributed by atoms with Crippen LogP contribution in [0.1, 0.15) is 59.6 Å². The van der Waals surface area contributed by atoms with E-state index in [-0.39, 0.29) is 35.8 Å². The summed E-state index contributed by atoms with van der Waals surface area (Å²) in [6.45, 7) is 6.57. The van der Waals surface area contributed by atoms with Crippen LogP contribution in [0.4, 0.5) is 4.39 Å². The molecule has 3 aromatic rings. The zero-order valence-electron chi connectivity index (χ0n) is 24.7. The van der Waals surface area contributed by atoms with E-state index >= 15 is 4.39 Å². The highest BCUT2D eigenvalue weighted by Crippen LogP contribution is 2.45. The van der Waals surface area contributed by atoms with Gasteiger partial charge in [-0.3, -0.25) is 4.79 Å². The third-order valence-electron chi connectivity index (χ3n) is 7.96. The molecule has 1 aliphatic heterocycles. The minimum atomic E-state index is -3.07. The fourth-order valence-electron chi connectivity index (χ4n) is 6.21. The number of carbonyl (C=O) groups is 1. The van der Waals surface area contributed by atoms with E-state index in [1.807, 2.05) is 57.2 Å². The smallest absolute Gasteiger partial charge is 0.306 e. The largest absolute Gasteiger partial charge is 0.493 e. The number of methoxy groups -OCH3 is 1. The summed E-state index contributed by atoms with van der Waals surface area (Å²) in [6, 6.07) is 12.8. The number of esters is 1. The molecule has 224 valence electrons. The zero-order chi connectivity index (χ0) is 30.2. The van der Waals surface area contributed by atoms with Gasteiger partial charge in [0, 0.05) is 35.3 Å². The number of fused-ring (bicyclic) bond motifs is 2. The molecule has 7 nitrogen and oxygen atoms in total. The third kappa shape index (κ3) is 6.41. The first-order chi connectivity index (χ1) is 19.9. The fraction of sp³-hybridized carbons (Fsp3) is 0.424. The van der Waals surface area contributed by atoms with E-state index < -0.39 is 15.9 Å². The summed E-state index contributed by atoms with van der Waals surface area (Å²) >= 11 is 0. The van der Waals surface area contributed by atoms with Gasteiger partial charge in [-0.15, -0.1) is 0 Å². The van der Waals surface area contributed by atoms with Crippen molar-refractivity contribution in [2.24, 2.45) is 5.92 Å². The molecule has 0 saturated heterocycles. The lowest BCUT2D eigenvalue weighted by atomic mass is 9.90. The Bertz CT molecular complexity index is 1590. The van der Waals surface area contributed by atoms with Gasteiger partial charge in [-0.1, -0.05) is 19.1 Å². The van der Waals surface area contributed by atoms with Gasteiger partial charge >= 0.3 is 5.97 Å². The van der Waals surface area contributed by atoms with Crippen LogP contribution < -0.4 is 14.2 Å². The second-order valence-electron chi connectivity index (χ2n) is 11.6. The van der Waals surface area contributed by atoms with Crippen LogP contribution in [0.15, 0.2) is 42.5 Å². The molecule has 1 heterocycles. The number of hydrogen-bond acceptors (Lipinski definition) is 7. The lowest BCUT2D eigenvalue weighted by Gasteiger charge is -2.19. The van der Waals surface area contributed by atoms with Crippen molar-refractivity contribution in [1.82, 2.24) is 0 Å². The van der Waals surface area contributed by atoms with Gasteiger partial charge in [0.1, 0.15) is 39.0 Å². The van der Waals surface area contributed by atoms with Crippen molar-refractivity contribution in [2.75, 3.05) is 32.3 Å². The molecule has 2 aliphatic rings. The Morgan fingerprint density at radius 1 is 1.10 bits per heavy atom. The van der Waals surface area contributed by atoms with Gasteiger partial charge in [-0.05, 0) is 78.8 Å². The van der Waals surface area contributed by atoms with Gasteiger partial charge in [0.05, 0.1) is 32.5 Å². The lowest BCUT2D eigenvalue weighted by molar-refractivity contribution is -0.141. The van der Waals surface area contributed by atoms with E-state index in [1.54, 1.807) is 0 Å². The maximum absolute atomic E-state index is 15.3. The van der Waals surface area contributed by atoms with E-state index in [1.165, 1.54) is 19.4 Å². The molecular weight excluding hydrogens is 559 g/mol. The van der Waals surface area contributed by atoms with Crippen molar-refractivity contribution in [3.63, 3.8) is 0 Å². The fourth-order valence-corrected chi connectivity index (χ4v) is 7.34. The van der Waals surface area contributed by atoms with Crippen LogP contribution in [0.3, 0.4) is 0 Å². The van der Waals surface area contributed by atoms with Gasteiger partial charge in [0.15, 0.2) is 0 Å². The molecule has 9 heteroatoms. The number of carbonyl (C=O) groups excluding carboxylic acids is 1. The normalized spacial score (nSPS) is 18.1. The first-order valence-corrected chi connectivity index (χ1v) is 16.2. The van der Waals surface area contributed by atoms with Crippen molar-refractivity contribution in [1.29, 1.82) is 0 Å². The molecule has 0 bridgehead atoms. The average Bonchev–Trinajstić information content (AvgIpc) is 3.52. The molecule has 0 saturated carbocycles. The molecule has 1 aliphatic carbocycles. The molecule has 0 amide bonds. The molecule has 0 aromatic heterocycles. The maximum atomic E-state index is 15.3. The minimum Gasteiger partial charge on any atom is -0.493 e. The quantitative estimate of drug-likeness (QED) is 0.255. The van der Waals surface area contributed by atoms with Crippen molar-refractivity contribution in [3.05, 3.63) is 76.1 Å². The highest BCUT2D eigenvalue weighted by Gasteiger charge is 2.32. The summed E-state index contributed by atoms with van der Waals surface area (Å²) in [5.41, 5.74) is 6.46. The third-order valence-corrected chi connectivity index (χ3v) is 9.14. The van der Waals surface area contributed by atoms with Gasteiger partial charge < -0.3 is 18.9 Å². The summed E-state index contributed by atoms with van der Waals surface area (Å²) in [5.74, 6) is 1.26. The highest BCUT2D eigenvalue weighted by atomic mass is 32.2. The number of sulfone groups is 1. The summed E-state index contributed by atoms with van der Waals surface area (Å²) in [6.07, 6.45) is 2.36. The molecule has 5 rings (SSSR count). The summed E-state index contributed by atoms with van der Waals surface area (Å²) in [5, 5.41) is 0. The van der Waals surface area contributed by atoms with Crippen LogP contribution >= 0.6 is 0 Å². The molecule has 0 radical (unpaired) electrons. The van der Waals surface area contributed by atoms with Gasteiger partial charge in [-0.2, -0.15) is 0 Å². The lowest BCUT2D eigenvalue weighted by Crippen LogP contribution is -2.18. The second-order valence-corrected chi connectivity index (χ2v) is 13.7. The number of rotatable bonds is 10. The number of ether oxygens (including phenoxy) is 4. The van der Waals surface area contributed by atoms with Gasteiger partial charge in [0.25, 0.3) is 0 Å². The van der Waals surface area contributed by atoms with Crippen LogP contribution in [-0.2, 0) is 25.8 Å². The van der Waals surface area contributed by atoms with E-state index in [4.69, 9.17) is 18.9 Å². The summed E-state index contributed by atoms with van der Waals surface area (Å²) < 4.78 is 61.4. The Balaban J connectivity index is 1.36. The van der Waals surface area contributed by atoms with Gasteiger partial charge in [0.2, 0.25) is 0 Å². The summed E-state index contributed by atoms with van der Waals surface area (Å²) in [7, 11) is -1.70. The summed E-state index contributed by atoms with van der Waals surface area (Å²) in [4.78, 5) is 11.7. The number of benzene rings is 3. The minimum absolute atomic E-state index is 0.0622. The Kier molecular flexibility index (Phi) is 8.51. The van der Waals surface area contributed by atoms with Crippen LogP contribution in [0.2, 0.25) is 0 Å². The van der Waals surface area contributed by atoms with Crippen molar-refractivity contribution in [2.45, 2.75) is 52.1 Å². The van der Waals surface area contributed by atoms with E-state index in [0.717, 1.165) is 33.4 Å². The van der Waals surface area contributed by atoms with Crippen molar-refractivity contribution >= 4 is 15.8 Å². The number of aryl methyl sites for hydroxylation is 2. The molecule has 0 N–H and O–H groups in total. The highest BCUT2D eigenvalue weighted by molar-refractivity contribution is 7.90. The van der Waals surface area contributed by atoms with E-state index in [0.29, 0.717) is 48.9 Å². The first kappa shape index (κ1) is 29.9. The van der Waals surface area contributed by atoms with Gasteiger partial charge in [-0.25, -0.2) is 12.8 Å². The molecule has 3 aromatic carbocycles. The average molecular weight is 597 g/mol. The molecular formula is C33H37FO7S. The standard InChI is InChI=1S/C33H37FO7S/c1-19(18-42(5,36)37)16-39-24-12-20(2)32(21(3)13-24)26-8-10-28(34)33-27(26)9-11-29(33)41-23-6-7-25-22(14-31(35)38-4)17-40-30(25)15-23/h6-8,10,12-13,15,19,22,29H,9,11,14,16-18H2,1-5H3/t19-,22?,29-/m1/s1. The molecule has 0 fully saturated rings. The Labute approximate surface area is 246 Å². The Morgan fingerprint density at radius 2 is 1.83 bits per heavy atom. The predicted molar refractivity (Wildman–Crippen MR) is 159 cm³/mol. The van der Waals surface area contributed by atoms with Crippen LogP contribution in [-0.4, -0.2) is 46.7 Å². The SMILES string of the molecule is COC(=O)CC1COc2cc(O[C@@H]3CCc4c(-c5c(C)cc(OC[C@@H](C)CS(C)(=O)=O)cc5C)ccc(F)c43)ccc21. The molecule has 1 unspecified atom stereocenters. The Hall–Kier alpha value is -3.59. The van der Waals surface area contributed by atoms with Crippen LogP contribution in [0, 0.1) is 25.6 Å². The number of halogens is 1. The van der Waals surface area contributed by atoms with Crippen molar-refractivity contribution < 1.29 is 36.6 Å². The topological polar surface area (TPSA) is 88.1 Å². The predicted octanol–water partition coefficient (Wildman–Crippen LogP) is 6.27. The number of hydrogen-bond donors (Lipinski definition) is 0. The van der Waals surface area contributed by atoms with Crippen LogP contribution in [0.5, 0.6) is 17.2 Å².